The van der Waals surface area contributed by atoms with Crippen LogP contribution in [0.2, 0.25) is 10.3 Å². The zero-order valence-electron chi connectivity index (χ0n) is 9.72. The van der Waals surface area contributed by atoms with E-state index in [9.17, 15) is 10.1 Å². The second kappa shape index (κ2) is 5.38. The van der Waals surface area contributed by atoms with E-state index in [1.807, 2.05) is 0 Å². The Bertz CT molecular complexity index is 631. The molecule has 0 bridgehead atoms. The lowest BCUT2D eigenvalue weighted by Crippen LogP contribution is -2.04. The largest absolute Gasteiger partial charge is 0.334 e. The van der Waals surface area contributed by atoms with Crippen LogP contribution in [0.3, 0.4) is 0 Å². The van der Waals surface area contributed by atoms with Crippen LogP contribution in [-0.4, -0.2) is 14.9 Å². The summed E-state index contributed by atoms with van der Waals surface area (Å²) in [6.07, 6.45) is 0. The van der Waals surface area contributed by atoms with Crippen molar-refractivity contribution < 1.29 is 4.92 Å². The second-order valence-corrected chi connectivity index (χ2v) is 4.44. The van der Waals surface area contributed by atoms with Crippen molar-refractivity contribution in [3.05, 3.63) is 50.4 Å². The highest BCUT2D eigenvalue weighted by Crippen LogP contribution is 2.29. The zero-order chi connectivity index (χ0) is 14.0. The number of benzene rings is 1. The monoisotopic (exact) mass is 298 g/mol. The first-order valence-electron chi connectivity index (χ1n) is 5.18. The van der Waals surface area contributed by atoms with Gasteiger partial charge in [0.2, 0.25) is 11.1 Å². The minimum atomic E-state index is -0.552. The molecule has 0 saturated carbocycles. The van der Waals surface area contributed by atoms with Gasteiger partial charge in [0.1, 0.15) is 5.69 Å². The van der Waals surface area contributed by atoms with E-state index in [1.54, 1.807) is 24.3 Å². The summed E-state index contributed by atoms with van der Waals surface area (Å²) in [6.45, 7) is 1.50. The minimum absolute atomic E-state index is 0.0461. The molecule has 19 heavy (non-hydrogen) atoms. The fourth-order valence-electron chi connectivity index (χ4n) is 1.51. The average Bonchev–Trinajstić information content (AvgIpc) is 2.30. The Balaban J connectivity index is 2.44. The van der Waals surface area contributed by atoms with Crippen LogP contribution in [0.15, 0.2) is 24.3 Å². The van der Waals surface area contributed by atoms with Crippen molar-refractivity contribution in [1.82, 2.24) is 9.97 Å². The second-order valence-electron chi connectivity index (χ2n) is 3.66. The lowest BCUT2D eigenvalue weighted by Gasteiger charge is -2.07. The molecule has 98 valence electrons. The average molecular weight is 299 g/mol. The number of hydrogen-bond donors (Lipinski definition) is 1. The maximum atomic E-state index is 11.0. The minimum Gasteiger partial charge on any atom is -0.334 e. The summed E-state index contributed by atoms with van der Waals surface area (Å²) in [7, 11) is 0. The van der Waals surface area contributed by atoms with E-state index in [2.05, 4.69) is 15.3 Å². The van der Waals surface area contributed by atoms with Crippen molar-refractivity contribution in [2.24, 2.45) is 0 Å². The molecule has 0 aliphatic rings. The number of aromatic nitrogens is 2. The van der Waals surface area contributed by atoms with Crippen LogP contribution < -0.4 is 5.32 Å². The molecule has 1 aromatic carbocycles. The third kappa shape index (κ3) is 3.10. The van der Waals surface area contributed by atoms with E-state index in [-0.39, 0.29) is 22.5 Å². The first-order chi connectivity index (χ1) is 8.97. The molecular formula is C11H8Cl2N4O2. The molecule has 6 nitrogen and oxygen atoms in total. The van der Waals surface area contributed by atoms with Crippen LogP contribution in [0.1, 0.15) is 5.69 Å². The molecule has 1 aromatic heterocycles. The molecule has 1 heterocycles. The molecule has 0 saturated heterocycles. The van der Waals surface area contributed by atoms with Crippen LogP contribution in [0.5, 0.6) is 0 Å². The van der Waals surface area contributed by atoms with Crippen LogP contribution >= 0.6 is 23.2 Å². The van der Waals surface area contributed by atoms with Gasteiger partial charge in [0.25, 0.3) is 0 Å². The number of anilines is 2. The van der Waals surface area contributed by atoms with Crippen molar-refractivity contribution in [2.45, 2.75) is 6.92 Å². The first-order valence-corrected chi connectivity index (χ1v) is 5.94. The van der Waals surface area contributed by atoms with Crippen molar-refractivity contribution in [3.8, 4) is 0 Å². The van der Waals surface area contributed by atoms with E-state index in [4.69, 9.17) is 23.2 Å². The van der Waals surface area contributed by atoms with Gasteiger partial charge < -0.3 is 5.32 Å². The van der Waals surface area contributed by atoms with Gasteiger partial charge in [-0.1, -0.05) is 11.6 Å². The molecule has 0 atom stereocenters. The summed E-state index contributed by atoms with van der Waals surface area (Å²) in [5.41, 5.74) is 0.600. The third-order valence-electron chi connectivity index (χ3n) is 2.32. The van der Waals surface area contributed by atoms with Crippen LogP contribution in [0.4, 0.5) is 17.2 Å². The van der Waals surface area contributed by atoms with Crippen molar-refractivity contribution in [3.63, 3.8) is 0 Å². The lowest BCUT2D eigenvalue weighted by molar-refractivity contribution is -0.385. The molecule has 0 aliphatic heterocycles. The summed E-state index contributed by atoms with van der Waals surface area (Å²) in [5, 5.41) is 14.4. The van der Waals surface area contributed by atoms with Gasteiger partial charge in [0, 0.05) is 10.7 Å². The van der Waals surface area contributed by atoms with Crippen molar-refractivity contribution in [2.75, 3.05) is 5.32 Å². The maximum absolute atomic E-state index is 11.0. The zero-order valence-corrected chi connectivity index (χ0v) is 11.2. The van der Waals surface area contributed by atoms with Gasteiger partial charge in [0.15, 0.2) is 0 Å². The predicted molar refractivity (Wildman–Crippen MR) is 73.2 cm³/mol. The highest BCUT2D eigenvalue weighted by molar-refractivity contribution is 6.30. The number of nitro groups is 1. The van der Waals surface area contributed by atoms with Gasteiger partial charge >= 0.3 is 5.69 Å². The Morgan fingerprint density at radius 2 is 1.84 bits per heavy atom. The van der Waals surface area contributed by atoms with Gasteiger partial charge in [-0.25, -0.2) is 4.98 Å². The summed E-state index contributed by atoms with van der Waals surface area (Å²) in [5.74, 6) is 0.0461. The molecule has 0 fully saturated rings. The quantitative estimate of drug-likeness (QED) is 0.530. The Labute approximate surface area is 118 Å². The van der Waals surface area contributed by atoms with Gasteiger partial charge in [-0.3, -0.25) is 10.1 Å². The first kappa shape index (κ1) is 13.5. The molecule has 0 radical (unpaired) electrons. The topological polar surface area (TPSA) is 81.0 Å². The summed E-state index contributed by atoms with van der Waals surface area (Å²) in [4.78, 5) is 18.1. The standard InChI is InChI=1S/C11H8Cl2N4O2/c1-6-9(17(18)19)10(16-11(13)14-6)15-8-4-2-7(12)3-5-8/h2-5H,1H3,(H,14,15,16). The molecular weight excluding hydrogens is 291 g/mol. The van der Waals surface area contributed by atoms with E-state index in [1.165, 1.54) is 6.92 Å². The fraction of sp³-hybridized carbons (Fsp3) is 0.0909. The van der Waals surface area contributed by atoms with Gasteiger partial charge in [0.05, 0.1) is 4.92 Å². The van der Waals surface area contributed by atoms with Crippen LogP contribution in [-0.2, 0) is 0 Å². The third-order valence-corrected chi connectivity index (χ3v) is 2.74. The van der Waals surface area contributed by atoms with E-state index >= 15 is 0 Å². The molecule has 0 aliphatic carbocycles. The van der Waals surface area contributed by atoms with Crippen molar-refractivity contribution in [1.29, 1.82) is 0 Å². The highest BCUT2D eigenvalue weighted by Gasteiger charge is 2.21. The molecule has 2 aromatic rings. The molecule has 0 amide bonds. The summed E-state index contributed by atoms with van der Waals surface area (Å²) < 4.78 is 0. The number of aryl methyl sites for hydroxylation is 1. The van der Waals surface area contributed by atoms with E-state index in [0.29, 0.717) is 10.7 Å². The van der Waals surface area contributed by atoms with Gasteiger partial charge in [-0.15, -0.1) is 0 Å². The lowest BCUT2D eigenvalue weighted by atomic mass is 10.3. The Morgan fingerprint density at radius 3 is 2.42 bits per heavy atom. The number of nitrogens with one attached hydrogen (secondary N) is 1. The van der Waals surface area contributed by atoms with E-state index in [0.717, 1.165) is 0 Å². The molecule has 8 heteroatoms. The Kier molecular flexibility index (Phi) is 3.82. The maximum Gasteiger partial charge on any atom is 0.332 e. The molecule has 2 rings (SSSR count). The number of rotatable bonds is 3. The molecule has 0 unspecified atom stereocenters. The van der Waals surface area contributed by atoms with Crippen molar-refractivity contribution >= 4 is 40.4 Å². The smallest absolute Gasteiger partial charge is 0.332 e. The van der Waals surface area contributed by atoms with Gasteiger partial charge in [-0.05, 0) is 42.8 Å². The summed E-state index contributed by atoms with van der Waals surface area (Å²) >= 11 is 11.5. The fourth-order valence-corrected chi connectivity index (χ4v) is 1.85. The molecule has 1 N–H and O–H groups in total. The Morgan fingerprint density at radius 1 is 1.21 bits per heavy atom. The predicted octanol–water partition coefficient (Wildman–Crippen LogP) is 3.74. The molecule has 0 spiro atoms. The van der Waals surface area contributed by atoms with Gasteiger partial charge in [-0.2, -0.15) is 4.98 Å². The van der Waals surface area contributed by atoms with E-state index < -0.39 is 4.92 Å². The van der Waals surface area contributed by atoms with Crippen LogP contribution in [0.25, 0.3) is 0 Å². The van der Waals surface area contributed by atoms with Crippen LogP contribution in [0, 0.1) is 17.0 Å². The number of hydrogen-bond acceptors (Lipinski definition) is 5. The normalized spacial score (nSPS) is 10.3. The number of halogens is 2. The number of nitrogens with zero attached hydrogens (tertiary/aromatic N) is 3. The highest BCUT2D eigenvalue weighted by atomic mass is 35.5. The SMILES string of the molecule is Cc1nc(Cl)nc(Nc2ccc(Cl)cc2)c1[N+](=O)[O-]. The Hall–Kier alpha value is -1.92. The summed E-state index contributed by atoms with van der Waals surface area (Å²) in [6, 6.07) is 6.67.